The molecule has 0 aliphatic carbocycles. The summed E-state index contributed by atoms with van der Waals surface area (Å²) in [6.07, 6.45) is 2.35. The van der Waals surface area contributed by atoms with Crippen LogP contribution in [-0.2, 0) is 20.9 Å². The molecule has 1 N–H and O–H groups in total. The number of esters is 1. The summed E-state index contributed by atoms with van der Waals surface area (Å²) in [5, 5.41) is 8.34. The predicted molar refractivity (Wildman–Crippen MR) is 74.5 cm³/mol. The molecule has 1 aromatic rings. The number of carbonyl (C=O) groups excluding carboxylic acids is 1. The van der Waals surface area contributed by atoms with Crippen LogP contribution < -0.4 is 0 Å². The standard InChI is InChI=1S/C12H12O4.C3H8/c1-2-9-3-5-10(6-4-9)8-16-12(15)7-11(13)14;1-3-2/h2-6H,1,7-8H2,(H,13,14);3H2,1-2H3. The third kappa shape index (κ3) is 8.60. The van der Waals surface area contributed by atoms with Crippen molar-refractivity contribution in [1.82, 2.24) is 0 Å². The first-order valence-electron chi connectivity index (χ1n) is 6.12. The van der Waals surface area contributed by atoms with Crippen LogP contribution in [0.25, 0.3) is 6.08 Å². The number of ether oxygens (including phenoxy) is 1. The molecule has 0 radical (unpaired) electrons. The lowest BCUT2D eigenvalue weighted by Gasteiger charge is -2.03. The second-order valence-corrected chi connectivity index (χ2v) is 3.88. The number of aliphatic carboxylic acids is 1. The van der Waals surface area contributed by atoms with Crippen LogP contribution in [0, 0.1) is 0 Å². The normalized spacial score (nSPS) is 8.95. The Morgan fingerprint density at radius 3 is 2.21 bits per heavy atom. The van der Waals surface area contributed by atoms with Crippen molar-refractivity contribution in [2.24, 2.45) is 0 Å². The first-order valence-corrected chi connectivity index (χ1v) is 6.12. The van der Waals surface area contributed by atoms with Crippen LogP contribution in [0.3, 0.4) is 0 Å². The number of carboxylic acids is 1. The van der Waals surface area contributed by atoms with Gasteiger partial charge < -0.3 is 9.84 Å². The summed E-state index contributed by atoms with van der Waals surface area (Å²) in [6, 6.07) is 7.27. The third-order valence-corrected chi connectivity index (χ3v) is 1.91. The number of hydrogen-bond acceptors (Lipinski definition) is 3. The molecule has 0 aliphatic heterocycles. The Bertz CT molecular complexity index is 407. The maximum atomic E-state index is 10.9. The van der Waals surface area contributed by atoms with Crippen molar-refractivity contribution in [2.45, 2.75) is 33.3 Å². The van der Waals surface area contributed by atoms with Crippen LogP contribution in [0.2, 0.25) is 0 Å². The maximum Gasteiger partial charge on any atom is 0.317 e. The van der Waals surface area contributed by atoms with E-state index in [2.05, 4.69) is 20.4 Å². The van der Waals surface area contributed by atoms with Gasteiger partial charge in [0.15, 0.2) is 0 Å². The Kier molecular flexibility index (Phi) is 8.79. The zero-order valence-electron chi connectivity index (χ0n) is 11.4. The van der Waals surface area contributed by atoms with Crippen LogP contribution in [0.4, 0.5) is 0 Å². The van der Waals surface area contributed by atoms with E-state index < -0.39 is 18.4 Å². The van der Waals surface area contributed by atoms with Gasteiger partial charge in [-0.2, -0.15) is 0 Å². The zero-order chi connectivity index (χ0) is 14.7. The van der Waals surface area contributed by atoms with Crippen molar-refractivity contribution in [3.05, 3.63) is 42.0 Å². The molecular weight excluding hydrogens is 244 g/mol. The number of carboxylic acid groups (broad SMARTS) is 1. The van der Waals surface area contributed by atoms with Crippen molar-refractivity contribution in [2.75, 3.05) is 0 Å². The molecular formula is C15H20O4. The number of benzene rings is 1. The smallest absolute Gasteiger partial charge is 0.317 e. The zero-order valence-corrected chi connectivity index (χ0v) is 11.4. The highest BCUT2D eigenvalue weighted by atomic mass is 16.5. The van der Waals surface area contributed by atoms with Gasteiger partial charge in [0.2, 0.25) is 0 Å². The topological polar surface area (TPSA) is 63.6 Å². The van der Waals surface area contributed by atoms with Crippen molar-refractivity contribution < 1.29 is 19.4 Å². The van der Waals surface area contributed by atoms with E-state index >= 15 is 0 Å². The van der Waals surface area contributed by atoms with Crippen molar-refractivity contribution in [1.29, 1.82) is 0 Å². The minimum Gasteiger partial charge on any atom is -0.481 e. The Hall–Kier alpha value is -2.10. The van der Waals surface area contributed by atoms with Gasteiger partial charge in [-0.15, -0.1) is 0 Å². The fourth-order valence-electron chi connectivity index (χ4n) is 1.09. The summed E-state index contributed by atoms with van der Waals surface area (Å²) in [7, 11) is 0. The lowest BCUT2D eigenvalue weighted by atomic mass is 10.1. The Balaban J connectivity index is 0.000000982. The van der Waals surface area contributed by atoms with E-state index in [0.717, 1.165) is 11.1 Å². The van der Waals surface area contributed by atoms with Crippen LogP contribution in [0.1, 0.15) is 37.8 Å². The highest BCUT2D eigenvalue weighted by Crippen LogP contribution is 2.07. The van der Waals surface area contributed by atoms with Crippen LogP contribution in [-0.4, -0.2) is 17.0 Å². The van der Waals surface area contributed by atoms with Gasteiger partial charge in [-0.1, -0.05) is 57.2 Å². The van der Waals surface area contributed by atoms with Gasteiger partial charge in [0.25, 0.3) is 0 Å². The molecule has 104 valence electrons. The van der Waals surface area contributed by atoms with E-state index in [1.807, 2.05) is 12.1 Å². The molecule has 0 heterocycles. The summed E-state index contributed by atoms with van der Waals surface area (Å²) in [5.41, 5.74) is 1.78. The summed E-state index contributed by atoms with van der Waals surface area (Å²) >= 11 is 0. The average molecular weight is 264 g/mol. The number of rotatable bonds is 5. The summed E-state index contributed by atoms with van der Waals surface area (Å²) in [6.45, 7) is 7.95. The van der Waals surface area contributed by atoms with Crippen LogP contribution >= 0.6 is 0 Å². The molecule has 1 aromatic carbocycles. The first kappa shape index (κ1) is 16.9. The van der Waals surface area contributed by atoms with Gasteiger partial charge >= 0.3 is 11.9 Å². The predicted octanol–water partition coefficient (Wildman–Crippen LogP) is 3.26. The van der Waals surface area contributed by atoms with E-state index in [4.69, 9.17) is 9.84 Å². The van der Waals surface area contributed by atoms with Gasteiger partial charge in [-0.3, -0.25) is 9.59 Å². The number of carbonyl (C=O) groups is 2. The lowest BCUT2D eigenvalue weighted by Crippen LogP contribution is -2.10. The Morgan fingerprint density at radius 2 is 1.79 bits per heavy atom. The fourth-order valence-corrected chi connectivity index (χ4v) is 1.09. The molecule has 0 saturated heterocycles. The molecule has 0 fully saturated rings. The Labute approximate surface area is 113 Å². The molecule has 0 saturated carbocycles. The SMILES string of the molecule is C=Cc1ccc(COC(=O)CC(=O)O)cc1.CCC. The minimum absolute atomic E-state index is 0.0868. The summed E-state index contributed by atoms with van der Waals surface area (Å²) in [4.78, 5) is 21.1. The van der Waals surface area contributed by atoms with Crippen LogP contribution in [0.15, 0.2) is 30.8 Å². The molecule has 1 rings (SSSR count). The van der Waals surface area contributed by atoms with E-state index in [9.17, 15) is 9.59 Å². The monoisotopic (exact) mass is 264 g/mol. The van der Waals surface area contributed by atoms with Crippen molar-refractivity contribution in [3.63, 3.8) is 0 Å². The van der Waals surface area contributed by atoms with Gasteiger partial charge in [0.05, 0.1) is 0 Å². The minimum atomic E-state index is -1.19. The Morgan fingerprint density at radius 1 is 1.26 bits per heavy atom. The molecule has 0 spiro atoms. The molecule has 4 nitrogen and oxygen atoms in total. The molecule has 0 unspecified atom stereocenters. The largest absolute Gasteiger partial charge is 0.481 e. The highest BCUT2D eigenvalue weighted by Gasteiger charge is 2.08. The highest BCUT2D eigenvalue weighted by molar-refractivity contribution is 5.90. The molecule has 19 heavy (non-hydrogen) atoms. The number of hydrogen-bond donors (Lipinski definition) is 1. The summed E-state index contributed by atoms with van der Waals surface area (Å²) < 4.78 is 4.77. The fraction of sp³-hybridized carbons (Fsp3) is 0.333. The van der Waals surface area contributed by atoms with E-state index in [-0.39, 0.29) is 6.61 Å². The average Bonchev–Trinajstić information content (AvgIpc) is 2.37. The second-order valence-electron chi connectivity index (χ2n) is 3.88. The van der Waals surface area contributed by atoms with Gasteiger partial charge in [-0.05, 0) is 11.1 Å². The maximum absolute atomic E-state index is 10.9. The van der Waals surface area contributed by atoms with Gasteiger partial charge in [-0.25, -0.2) is 0 Å². The van der Waals surface area contributed by atoms with E-state index in [0.29, 0.717) is 0 Å². The van der Waals surface area contributed by atoms with E-state index in [1.54, 1.807) is 18.2 Å². The third-order valence-electron chi connectivity index (χ3n) is 1.91. The molecule has 0 bridgehead atoms. The van der Waals surface area contributed by atoms with Crippen molar-refractivity contribution >= 4 is 18.0 Å². The molecule has 4 heteroatoms. The lowest BCUT2D eigenvalue weighted by molar-refractivity contribution is -0.152. The van der Waals surface area contributed by atoms with Crippen molar-refractivity contribution in [3.8, 4) is 0 Å². The van der Waals surface area contributed by atoms with Gasteiger partial charge in [0, 0.05) is 0 Å². The first-order chi connectivity index (χ1) is 9.03. The van der Waals surface area contributed by atoms with E-state index in [1.165, 1.54) is 6.42 Å². The molecule has 0 aromatic heterocycles. The molecule has 0 amide bonds. The van der Waals surface area contributed by atoms with Gasteiger partial charge in [0.1, 0.15) is 13.0 Å². The quantitative estimate of drug-likeness (QED) is 0.655. The molecule has 0 aliphatic rings. The molecule has 0 atom stereocenters. The summed E-state index contributed by atoms with van der Waals surface area (Å²) in [5.74, 6) is -1.92. The van der Waals surface area contributed by atoms with Crippen LogP contribution in [0.5, 0.6) is 0 Å². The second kappa shape index (κ2) is 9.88.